The summed E-state index contributed by atoms with van der Waals surface area (Å²) in [5.41, 5.74) is 0.979. The maximum atomic E-state index is 12.2. The van der Waals surface area contributed by atoms with Crippen molar-refractivity contribution in [2.24, 2.45) is 0 Å². The van der Waals surface area contributed by atoms with Crippen molar-refractivity contribution >= 4 is 24.0 Å². The lowest BCUT2D eigenvalue weighted by atomic mass is 10.1. The summed E-state index contributed by atoms with van der Waals surface area (Å²) in [4.78, 5) is 11.9. The van der Waals surface area contributed by atoms with Gasteiger partial charge in [-0.2, -0.15) is 13.2 Å². The summed E-state index contributed by atoms with van der Waals surface area (Å²) in [7, 11) is 0. The second kappa shape index (κ2) is 7.80. The van der Waals surface area contributed by atoms with Crippen LogP contribution >= 0.6 is 12.4 Å². The van der Waals surface area contributed by atoms with Crippen LogP contribution < -0.4 is 10.6 Å². The Balaban J connectivity index is 0.00000242. The fourth-order valence-electron chi connectivity index (χ4n) is 2.24. The molecule has 1 amide bonds. The van der Waals surface area contributed by atoms with Crippen LogP contribution in [0, 0.1) is 0 Å². The monoisotopic (exact) mass is 338 g/mol. The molecule has 8 heteroatoms. The first kappa shape index (κ1) is 18.7. The Bertz CT molecular complexity index is 511. The molecule has 1 aliphatic heterocycles. The van der Waals surface area contributed by atoms with E-state index in [1.165, 1.54) is 6.07 Å². The van der Waals surface area contributed by atoms with E-state index < -0.39 is 24.7 Å². The molecule has 1 saturated heterocycles. The van der Waals surface area contributed by atoms with E-state index in [2.05, 4.69) is 10.6 Å². The van der Waals surface area contributed by atoms with Crippen LogP contribution in [0.2, 0.25) is 0 Å². The molecule has 0 bridgehead atoms. The molecule has 1 heterocycles. The molecule has 3 N–H and O–H groups in total. The van der Waals surface area contributed by atoms with Crippen molar-refractivity contribution in [2.45, 2.75) is 37.6 Å². The highest BCUT2D eigenvalue weighted by molar-refractivity contribution is 5.95. The molecule has 0 aliphatic carbocycles. The van der Waals surface area contributed by atoms with Crippen LogP contribution in [0.25, 0.3) is 0 Å². The summed E-state index contributed by atoms with van der Waals surface area (Å²) in [6, 6.07) is 5.89. The standard InChI is InChI=1S/C14H17F3N2O2.ClH/c15-14(16,17)5-4-9-2-1-3-10(6-9)19-13(21)12-7-11(20)8-18-12;/h1-3,6,11-12,18,20H,4-5,7-8H2,(H,19,21);1H. The van der Waals surface area contributed by atoms with E-state index in [4.69, 9.17) is 0 Å². The minimum absolute atomic E-state index is 0. The SMILES string of the molecule is Cl.O=C(Nc1cccc(CCC(F)(F)F)c1)C1CC(O)CN1. The fraction of sp³-hybridized carbons (Fsp3) is 0.500. The zero-order valence-electron chi connectivity index (χ0n) is 11.7. The van der Waals surface area contributed by atoms with Gasteiger partial charge in [-0.3, -0.25) is 4.79 Å². The molecular formula is C14H18ClF3N2O2. The highest BCUT2D eigenvalue weighted by atomic mass is 35.5. The minimum atomic E-state index is -4.19. The first-order valence-electron chi connectivity index (χ1n) is 6.71. The largest absolute Gasteiger partial charge is 0.392 e. The molecule has 0 spiro atoms. The van der Waals surface area contributed by atoms with Crippen LogP contribution in [-0.2, 0) is 11.2 Å². The average molecular weight is 339 g/mol. The van der Waals surface area contributed by atoms with Gasteiger partial charge < -0.3 is 15.7 Å². The molecule has 0 aromatic heterocycles. The van der Waals surface area contributed by atoms with Gasteiger partial charge >= 0.3 is 6.18 Å². The molecule has 1 aromatic carbocycles. The van der Waals surface area contributed by atoms with E-state index in [-0.39, 0.29) is 24.7 Å². The maximum Gasteiger partial charge on any atom is 0.389 e. The van der Waals surface area contributed by atoms with Gasteiger partial charge in [0, 0.05) is 18.7 Å². The number of β-amino-alcohol motifs (C(OH)–C–C–N with tert-alkyl or cyclic N) is 1. The number of amides is 1. The van der Waals surface area contributed by atoms with E-state index in [0.29, 0.717) is 24.2 Å². The van der Waals surface area contributed by atoms with Crippen molar-refractivity contribution in [3.05, 3.63) is 29.8 Å². The maximum absolute atomic E-state index is 12.2. The van der Waals surface area contributed by atoms with E-state index in [9.17, 15) is 23.1 Å². The molecule has 1 fully saturated rings. The topological polar surface area (TPSA) is 61.4 Å². The van der Waals surface area contributed by atoms with Crippen LogP contribution in [0.3, 0.4) is 0 Å². The van der Waals surface area contributed by atoms with Crippen molar-refractivity contribution in [1.29, 1.82) is 0 Å². The normalized spacial score (nSPS) is 21.3. The number of rotatable bonds is 4. The number of benzene rings is 1. The average Bonchev–Trinajstić information content (AvgIpc) is 2.83. The first-order chi connectivity index (χ1) is 9.83. The summed E-state index contributed by atoms with van der Waals surface area (Å²) >= 11 is 0. The molecule has 0 radical (unpaired) electrons. The number of anilines is 1. The molecular weight excluding hydrogens is 321 g/mol. The molecule has 4 nitrogen and oxygen atoms in total. The zero-order chi connectivity index (χ0) is 15.5. The molecule has 0 saturated carbocycles. The van der Waals surface area contributed by atoms with Gasteiger partial charge in [-0.1, -0.05) is 12.1 Å². The molecule has 22 heavy (non-hydrogen) atoms. The van der Waals surface area contributed by atoms with Gasteiger partial charge in [0.25, 0.3) is 0 Å². The van der Waals surface area contributed by atoms with Gasteiger partial charge in [0.1, 0.15) is 0 Å². The summed E-state index contributed by atoms with van der Waals surface area (Å²) in [6.07, 6.45) is -5.41. The Labute approximate surface area is 132 Å². The lowest BCUT2D eigenvalue weighted by molar-refractivity contribution is -0.134. The predicted octanol–water partition coefficient (Wildman–Crippen LogP) is 2.26. The Kier molecular flexibility index (Phi) is 6.65. The highest BCUT2D eigenvalue weighted by Crippen LogP contribution is 2.23. The number of hydrogen-bond donors (Lipinski definition) is 3. The van der Waals surface area contributed by atoms with Crippen molar-refractivity contribution < 1.29 is 23.1 Å². The van der Waals surface area contributed by atoms with Gasteiger partial charge in [-0.15, -0.1) is 12.4 Å². The number of aliphatic hydroxyl groups is 1. The third-order valence-electron chi connectivity index (χ3n) is 3.32. The number of alkyl halides is 3. The predicted molar refractivity (Wildman–Crippen MR) is 79.1 cm³/mol. The molecule has 1 aliphatic rings. The number of aliphatic hydroxyl groups excluding tert-OH is 1. The Morgan fingerprint density at radius 3 is 2.73 bits per heavy atom. The second-order valence-electron chi connectivity index (χ2n) is 5.16. The Hall–Kier alpha value is -1.31. The fourth-order valence-corrected chi connectivity index (χ4v) is 2.24. The molecule has 2 rings (SSSR count). The third kappa shape index (κ3) is 5.82. The zero-order valence-corrected chi connectivity index (χ0v) is 12.5. The van der Waals surface area contributed by atoms with E-state index in [1.807, 2.05) is 0 Å². The summed E-state index contributed by atoms with van der Waals surface area (Å²) < 4.78 is 36.6. The molecule has 124 valence electrons. The lowest BCUT2D eigenvalue weighted by Crippen LogP contribution is -2.35. The Morgan fingerprint density at radius 1 is 1.41 bits per heavy atom. The first-order valence-corrected chi connectivity index (χ1v) is 6.71. The summed E-state index contributed by atoms with van der Waals surface area (Å²) in [5.74, 6) is -0.292. The minimum Gasteiger partial charge on any atom is -0.392 e. The molecule has 1 aromatic rings. The number of halogens is 4. The van der Waals surface area contributed by atoms with Crippen LogP contribution in [-0.4, -0.2) is 35.9 Å². The van der Waals surface area contributed by atoms with E-state index >= 15 is 0 Å². The van der Waals surface area contributed by atoms with Crippen molar-refractivity contribution in [3.8, 4) is 0 Å². The highest BCUT2D eigenvalue weighted by Gasteiger charge is 2.28. The van der Waals surface area contributed by atoms with E-state index in [1.54, 1.807) is 18.2 Å². The number of hydrogen-bond acceptors (Lipinski definition) is 3. The molecule has 2 atom stereocenters. The van der Waals surface area contributed by atoms with Gasteiger partial charge in [-0.25, -0.2) is 0 Å². The van der Waals surface area contributed by atoms with Crippen LogP contribution in [0.15, 0.2) is 24.3 Å². The van der Waals surface area contributed by atoms with Crippen molar-refractivity contribution in [1.82, 2.24) is 5.32 Å². The van der Waals surface area contributed by atoms with Gasteiger partial charge in [-0.05, 0) is 30.5 Å². The summed E-state index contributed by atoms with van der Waals surface area (Å²) in [5, 5.41) is 14.9. The number of carbonyl (C=O) groups is 1. The molecule has 2 unspecified atom stereocenters. The second-order valence-corrected chi connectivity index (χ2v) is 5.16. The van der Waals surface area contributed by atoms with Crippen LogP contribution in [0.4, 0.5) is 18.9 Å². The van der Waals surface area contributed by atoms with Gasteiger partial charge in [0.2, 0.25) is 5.91 Å². The number of carbonyl (C=O) groups excluding carboxylic acids is 1. The summed E-state index contributed by atoms with van der Waals surface area (Å²) in [6.45, 7) is 0.365. The van der Waals surface area contributed by atoms with E-state index in [0.717, 1.165) is 0 Å². The van der Waals surface area contributed by atoms with Crippen molar-refractivity contribution in [2.75, 3.05) is 11.9 Å². The number of nitrogens with one attached hydrogen (secondary N) is 2. The van der Waals surface area contributed by atoms with Crippen molar-refractivity contribution in [3.63, 3.8) is 0 Å². The smallest absolute Gasteiger partial charge is 0.389 e. The Morgan fingerprint density at radius 2 is 2.14 bits per heavy atom. The van der Waals surface area contributed by atoms with Crippen LogP contribution in [0.5, 0.6) is 0 Å². The number of aryl methyl sites for hydroxylation is 1. The quantitative estimate of drug-likeness (QED) is 0.789. The lowest BCUT2D eigenvalue weighted by Gasteiger charge is -2.12. The third-order valence-corrected chi connectivity index (χ3v) is 3.32. The van der Waals surface area contributed by atoms with Crippen LogP contribution in [0.1, 0.15) is 18.4 Å². The van der Waals surface area contributed by atoms with Gasteiger partial charge in [0.15, 0.2) is 0 Å². The van der Waals surface area contributed by atoms with Gasteiger partial charge in [0.05, 0.1) is 12.1 Å².